The third kappa shape index (κ3) is 1.37. The van der Waals surface area contributed by atoms with Crippen LogP contribution in [0.4, 0.5) is 11.5 Å². The van der Waals surface area contributed by atoms with Crippen molar-refractivity contribution in [3.63, 3.8) is 0 Å². The number of hydrogen-bond acceptors (Lipinski definition) is 6. The van der Waals surface area contributed by atoms with Crippen LogP contribution in [0.25, 0.3) is 0 Å². The molecule has 1 fully saturated rings. The predicted octanol–water partition coefficient (Wildman–Crippen LogP) is 0.116. The molecule has 6 nitrogen and oxygen atoms in total. The maximum absolute atomic E-state index is 5.45. The Kier molecular flexibility index (Phi) is 2.28. The van der Waals surface area contributed by atoms with Gasteiger partial charge in [-0.05, 0) is 0 Å². The lowest BCUT2D eigenvalue weighted by Crippen LogP contribution is -2.52. The first kappa shape index (κ1) is 9.65. The van der Waals surface area contributed by atoms with Gasteiger partial charge in [0.2, 0.25) is 5.88 Å². The molecule has 1 aromatic heterocycles. The fourth-order valence-electron chi connectivity index (χ4n) is 2.21. The first-order valence-corrected chi connectivity index (χ1v) is 5.37. The number of ether oxygens (including phenoxy) is 2. The third-order valence-corrected chi connectivity index (χ3v) is 3.00. The Morgan fingerprint density at radius 3 is 3.38 bits per heavy atom. The molecule has 1 unspecified atom stereocenters. The van der Waals surface area contributed by atoms with Crippen molar-refractivity contribution in [2.24, 2.45) is 0 Å². The molecule has 0 bridgehead atoms. The van der Waals surface area contributed by atoms with E-state index in [0.29, 0.717) is 11.9 Å². The number of hydrogen-bond donors (Lipinski definition) is 1. The maximum Gasteiger partial charge on any atom is 0.242 e. The Labute approximate surface area is 93.6 Å². The van der Waals surface area contributed by atoms with Crippen molar-refractivity contribution in [3.8, 4) is 5.88 Å². The Morgan fingerprint density at radius 2 is 2.50 bits per heavy atom. The molecule has 3 rings (SSSR count). The van der Waals surface area contributed by atoms with E-state index in [1.165, 1.54) is 6.33 Å². The number of rotatable bonds is 1. The van der Waals surface area contributed by atoms with Gasteiger partial charge in [-0.1, -0.05) is 0 Å². The summed E-state index contributed by atoms with van der Waals surface area (Å²) < 4.78 is 10.7. The quantitative estimate of drug-likeness (QED) is 0.728. The largest absolute Gasteiger partial charge is 0.479 e. The van der Waals surface area contributed by atoms with E-state index in [1.807, 2.05) is 0 Å². The van der Waals surface area contributed by atoms with E-state index in [4.69, 9.17) is 9.47 Å². The lowest BCUT2D eigenvalue weighted by atomic mass is 10.1. The van der Waals surface area contributed by atoms with Gasteiger partial charge in [0.05, 0.1) is 26.4 Å². The lowest BCUT2D eigenvalue weighted by Gasteiger charge is -2.41. The van der Waals surface area contributed by atoms with Crippen LogP contribution in [0, 0.1) is 0 Å². The molecule has 1 saturated heterocycles. The molecule has 86 valence electrons. The summed E-state index contributed by atoms with van der Waals surface area (Å²) in [7, 11) is 1.62. The molecule has 1 aromatic rings. The first-order chi connectivity index (χ1) is 7.90. The summed E-state index contributed by atoms with van der Waals surface area (Å²) in [4.78, 5) is 10.7. The molecule has 3 heterocycles. The predicted molar refractivity (Wildman–Crippen MR) is 59.0 cm³/mol. The van der Waals surface area contributed by atoms with Crippen molar-refractivity contribution in [1.82, 2.24) is 9.97 Å². The summed E-state index contributed by atoms with van der Waals surface area (Å²) in [5.41, 5.74) is 0.892. The fraction of sp³-hybridized carbons (Fsp3) is 0.600. The molecule has 1 N–H and O–H groups in total. The molecular formula is C10H14N4O2. The molecule has 0 radical (unpaired) electrons. The van der Waals surface area contributed by atoms with E-state index in [-0.39, 0.29) is 0 Å². The summed E-state index contributed by atoms with van der Waals surface area (Å²) in [6, 6.07) is 0.362. The third-order valence-electron chi connectivity index (χ3n) is 3.00. The molecule has 2 aliphatic rings. The van der Waals surface area contributed by atoms with Crippen molar-refractivity contribution in [3.05, 3.63) is 6.33 Å². The van der Waals surface area contributed by atoms with Crippen LogP contribution < -0.4 is 15.0 Å². The average Bonchev–Trinajstić information content (AvgIpc) is 2.37. The minimum atomic E-state index is 0.362. The molecule has 2 aliphatic heterocycles. The number of nitrogens with zero attached hydrogens (tertiary/aromatic N) is 3. The van der Waals surface area contributed by atoms with Gasteiger partial charge in [-0.25, -0.2) is 4.98 Å². The molecular weight excluding hydrogens is 208 g/mol. The number of nitrogens with one attached hydrogen (secondary N) is 1. The van der Waals surface area contributed by atoms with Crippen LogP contribution in [0.5, 0.6) is 5.88 Å². The van der Waals surface area contributed by atoms with E-state index >= 15 is 0 Å². The van der Waals surface area contributed by atoms with Crippen molar-refractivity contribution in [1.29, 1.82) is 0 Å². The zero-order valence-corrected chi connectivity index (χ0v) is 9.14. The molecule has 0 aliphatic carbocycles. The maximum atomic E-state index is 5.45. The second-order valence-electron chi connectivity index (χ2n) is 3.88. The molecule has 0 spiro atoms. The topological polar surface area (TPSA) is 59.5 Å². The minimum Gasteiger partial charge on any atom is -0.479 e. The zero-order valence-electron chi connectivity index (χ0n) is 9.14. The Hall–Kier alpha value is -1.56. The molecule has 0 aromatic carbocycles. The van der Waals surface area contributed by atoms with Gasteiger partial charge >= 0.3 is 0 Å². The van der Waals surface area contributed by atoms with E-state index in [2.05, 4.69) is 20.2 Å². The summed E-state index contributed by atoms with van der Waals surface area (Å²) in [5.74, 6) is 1.53. The number of anilines is 2. The highest BCUT2D eigenvalue weighted by atomic mass is 16.5. The SMILES string of the molecule is COc1ncnc2c1NCC1COCCN21. The van der Waals surface area contributed by atoms with Gasteiger partial charge in [-0.2, -0.15) is 4.98 Å². The van der Waals surface area contributed by atoms with Crippen molar-refractivity contribution in [2.75, 3.05) is 43.6 Å². The highest BCUT2D eigenvalue weighted by molar-refractivity contribution is 5.73. The van der Waals surface area contributed by atoms with Gasteiger partial charge in [0, 0.05) is 13.1 Å². The van der Waals surface area contributed by atoms with E-state index < -0.39 is 0 Å². The fourth-order valence-corrected chi connectivity index (χ4v) is 2.21. The smallest absolute Gasteiger partial charge is 0.242 e. The van der Waals surface area contributed by atoms with Crippen molar-refractivity contribution < 1.29 is 9.47 Å². The number of fused-ring (bicyclic) bond motifs is 3. The molecule has 6 heteroatoms. The van der Waals surface area contributed by atoms with Crippen LogP contribution in [0.15, 0.2) is 6.33 Å². The number of aromatic nitrogens is 2. The standard InChI is InChI=1S/C10H14N4O2/c1-15-10-8-9(12-6-13-10)14-2-3-16-5-7(14)4-11-8/h6-7,11H,2-5H2,1H3. The highest BCUT2D eigenvalue weighted by Gasteiger charge is 2.31. The van der Waals surface area contributed by atoms with Crippen LogP contribution in [0.2, 0.25) is 0 Å². The highest BCUT2D eigenvalue weighted by Crippen LogP contribution is 2.35. The van der Waals surface area contributed by atoms with Crippen LogP contribution in [-0.2, 0) is 4.74 Å². The van der Waals surface area contributed by atoms with Crippen LogP contribution in [-0.4, -0.2) is 49.4 Å². The summed E-state index contributed by atoms with van der Waals surface area (Å²) in [6.45, 7) is 3.22. The summed E-state index contributed by atoms with van der Waals surface area (Å²) >= 11 is 0. The summed E-state index contributed by atoms with van der Waals surface area (Å²) in [6.07, 6.45) is 1.54. The molecule has 0 saturated carbocycles. The van der Waals surface area contributed by atoms with Crippen LogP contribution in [0.1, 0.15) is 0 Å². The van der Waals surface area contributed by atoms with Gasteiger partial charge in [-0.15, -0.1) is 0 Å². The van der Waals surface area contributed by atoms with Crippen LogP contribution >= 0.6 is 0 Å². The van der Waals surface area contributed by atoms with Gasteiger partial charge in [0.25, 0.3) is 0 Å². The van der Waals surface area contributed by atoms with Crippen molar-refractivity contribution in [2.45, 2.75) is 6.04 Å². The van der Waals surface area contributed by atoms with Crippen LogP contribution in [0.3, 0.4) is 0 Å². The van der Waals surface area contributed by atoms with E-state index in [1.54, 1.807) is 7.11 Å². The second kappa shape index (κ2) is 3.79. The first-order valence-electron chi connectivity index (χ1n) is 5.37. The van der Waals surface area contributed by atoms with E-state index in [0.717, 1.165) is 37.8 Å². The monoisotopic (exact) mass is 222 g/mol. The Bertz CT molecular complexity index is 398. The Morgan fingerprint density at radius 1 is 1.56 bits per heavy atom. The molecule has 16 heavy (non-hydrogen) atoms. The number of morpholine rings is 1. The minimum absolute atomic E-state index is 0.362. The van der Waals surface area contributed by atoms with Gasteiger partial charge < -0.3 is 19.7 Å². The molecule has 0 amide bonds. The van der Waals surface area contributed by atoms with Gasteiger partial charge in [0.1, 0.15) is 12.0 Å². The zero-order chi connectivity index (χ0) is 11.0. The average molecular weight is 222 g/mol. The van der Waals surface area contributed by atoms with Crippen molar-refractivity contribution >= 4 is 11.5 Å². The molecule has 1 atom stereocenters. The van der Waals surface area contributed by atoms with Gasteiger partial charge in [-0.3, -0.25) is 0 Å². The Balaban J connectivity index is 2.01. The lowest BCUT2D eigenvalue weighted by molar-refractivity contribution is 0.0958. The second-order valence-corrected chi connectivity index (χ2v) is 3.88. The van der Waals surface area contributed by atoms with E-state index in [9.17, 15) is 0 Å². The normalized spacial score (nSPS) is 23.1. The van der Waals surface area contributed by atoms with Gasteiger partial charge in [0.15, 0.2) is 5.82 Å². The summed E-state index contributed by atoms with van der Waals surface area (Å²) in [5, 5.41) is 3.31. The number of methoxy groups -OCH3 is 1.